The number of aromatic nitrogens is 1. The molecular weight excluding hydrogens is 418 g/mol. The minimum absolute atomic E-state index is 0.0193. The third kappa shape index (κ3) is 5.45. The monoisotopic (exact) mass is 451 g/mol. The fourth-order valence-electron chi connectivity index (χ4n) is 4.68. The number of hydrogen-bond acceptors (Lipinski definition) is 5. The first-order chi connectivity index (χ1) is 15.9. The van der Waals surface area contributed by atoms with Crippen LogP contribution in [0.1, 0.15) is 42.1 Å². The van der Waals surface area contributed by atoms with Crippen LogP contribution in [0.25, 0.3) is 0 Å². The number of amides is 2. The molecule has 0 aliphatic carbocycles. The molecule has 0 unspecified atom stereocenters. The topological polar surface area (TPSA) is 80.2 Å². The van der Waals surface area contributed by atoms with Crippen LogP contribution in [0.5, 0.6) is 0 Å². The first kappa shape index (κ1) is 23.0. The van der Waals surface area contributed by atoms with Gasteiger partial charge >= 0.3 is 6.09 Å². The molecule has 2 amide bonds. The Kier molecular flexibility index (Phi) is 7.13. The molecule has 2 aliphatic rings. The van der Waals surface area contributed by atoms with Crippen molar-refractivity contribution >= 4 is 23.5 Å². The number of piperidine rings is 1. The molecule has 2 saturated heterocycles. The number of rotatable bonds is 5. The fourth-order valence-corrected chi connectivity index (χ4v) is 4.68. The lowest BCUT2D eigenvalue weighted by Crippen LogP contribution is -2.53. The van der Waals surface area contributed by atoms with Gasteiger partial charge in [0.2, 0.25) is 0 Å². The highest BCUT2D eigenvalue weighted by Crippen LogP contribution is 2.21. The van der Waals surface area contributed by atoms with Gasteiger partial charge in [-0.05, 0) is 56.0 Å². The molecular formula is C25H33N5O3. The third-order valence-corrected chi connectivity index (χ3v) is 6.67. The molecule has 2 aliphatic heterocycles. The van der Waals surface area contributed by atoms with Gasteiger partial charge < -0.3 is 19.8 Å². The average molecular weight is 452 g/mol. The molecule has 1 aromatic carbocycles. The second-order valence-corrected chi connectivity index (χ2v) is 9.04. The van der Waals surface area contributed by atoms with E-state index in [1.807, 2.05) is 43.3 Å². The molecule has 8 heteroatoms. The van der Waals surface area contributed by atoms with Crippen molar-refractivity contribution in [3.8, 4) is 0 Å². The lowest BCUT2D eigenvalue weighted by Gasteiger charge is -2.38. The summed E-state index contributed by atoms with van der Waals surface area (Å²) in [4.78, 5) is 36.4. The highest BCUT2D eigenvalue weighted by atomic mass is 16.4. The van der Waals surface area contributed by atoms with Crippen LogP contribution in [-0.2, 0) is 6.54 Å². The number of carbonyl (C=O) groups excluding carboxylic acids is 1. The van der Waals surface area contributed by atoms with Crippen molar-refractivity contribution in [1.29, 1.82) is 0 Å². The summed E-state index contributed by atoms with van der Waals surface area (Å²) in [5.41, 5.74) is 2.55. The van der Waals surface area contributed by atoms with Crippen LogP contribution in [0, 0.1) is 0 Å². The zero-order chi connectivity index (χ0) is 23.4. The molecule has 8 nitrogen and oxygen atoms in total. The van der Waals surface area contributed by atoms with Gasteiger partial charge in [-0.2, -0.15) is 0 Å². The molecule has 0 radical (unpaired) electrons. The summed E-state index contributed by atoms with van der Waals surface area (Å²) in [5, 5.41) is 9.24. The van der Waals surface area contributed by atoms with Gasteiger partial charge in [-0.3, -0.25) is 9.69 Å². The maximum Gasteiger partial charge on any atom is 0.407 e. The van der Waals surface area contributed by atoms with Crippen molar-refractivity contribution in [3.63, 3.8) is 0 Å². The fraction of sp³-hybridized carbons (Fsp3) is 0.480. The molecule has 1 aromatic heterocycles. The number of benzene rings is 1. The van der Waals surface area contributed by atoms with Crippen LogP contribution in [0.15, 0.2) is 42.6 Å². The number of piperazine rings is 1. The average Bonchev–Trinajstić information content (AvgIpc) is 2.84. The predicted molar refractivity (Wildman–Crippen MR) is 129 cm³/mol. The number of carbonyl (C=O) groups is 2. The minimum atomic E-state index is -0.851. The zero-order valence-electron chi connectivity index (χ0n) is 19.5. The van der Waals surface area contributed by atoms with E-state index < -0.39 is 6.09 Å². The normalized spacial score (nSPS) is 19.4. The van der Waals surface area contributed by atoms with Gasteiger partial charge in [0.25, 0.3) is 5.91 Å². The first-order valence-corrected chi connectivity index (χ1v) is 11.7. The Bertz CT molecular complexity index is 957. The number of nitrogens with zero attached hydrogens (tertiary/aromatic N) is 5. The Hall–Kier alpha value is -3.13. The van der Waals surface area contributed by atoms with E-state index in [-0.39, 0.29) is 11.9 Å². The van der Waals surface area contributed by atoms with Gasteiger partial charge in [-0.15, -0.1) is 0 Å². The van der Waals surface area contributed by atoms with Gasteiger partial charge in [0.15, 0.2) is 0 Å². The standard InChI is InChI=1S/C25H33N5O3/c1-19-17-28(14-15-30(19)25(32)33)18-20-6-9-22(10-7-20)27(2)24(31)21-8-11-23(26-16-21)29-12-4-3-5-13-29/h6-11,16,19H,3-5,12-15,17-18H2,1-2H3,(H,32,33)/t19-/m0/s1. The van der Waals surface area contributed by atoms with Crippen LogP contribution >= 0.6 is 0 Å². The minimum Gasteiger partial charge on any atom is -0.465 e. The van der Waals surface area contributed by atoms with E-state index in [9.17, 15) is 14.7 Å². The first-order valence-electron chi connectivity index (χ1n) is 11.7. The van der Waals surface area contributed by atoms with Crippen LogP contribution in [0.4, 0.5) is 16.3 Å². The molecule has 2 aromatic rings. The zero-order valence-corrected chi connectivity index (χ0v) is 19.5. The summed E-state index contributed by atoms with van der Waals surface area (Å²) >= 11 is 0. The van der Waals surface area contributed by atoms with E-state index in [4.69, 9.17) is 0 Å². The van der Waals surface area contributed by atoms with Crippen molar-refractivity contribution in [3.05, 3.63) is 53.7 Å². The molecule has 33 heavy (non-hydrogen) atoms. The summed E-state index contributed by atoms with van der Waals surface area (Å²) in [5.74, 6) is 0.857. The molecule has 0 saturated carbocycles. The van der Waals surface area contributed by atoms with Crippen LogP contribution in [0.2, 0.25) is 0 Å². The van der Waals surface area contributed by atoms with Crippen molar-refractivity contribution < 1.29 is 14.7 Å². The highest BCUT2D eigenvalue weighted by Gasteiger charge is 2.27. The van der Waals surface area contributed by atoms with Crippen molar-refractivity contribution in [1.82, 2.24) is 14.8 Å². The van der Waals surface area contributed by atoms with Gasteiger partial charge in [0.05, 0.1) is 5.56 Å². The van der Waals surface area contributed by atoms with E-state index in [1.54, 1.807) is 18.1 Å². The maximum atomic E-state index is 13.0. The van der Waals surface area contributed by atoms with Crippen LogP contribution in [-0.4, -0.2) is 77.7 Å². The van der Waals surface area contributed by atoms with Crippen molar-refractivity contribution in [2.45, 2.75) is 38.8 Å². The Morgan fingerprint density at radius 2 is 1.76 bits per heavy atom. The molecule has 1 N–H and O–H groups in total. The van der Waals surface area contributed by atoms with Crippen molar-refractivity contribution in [2.24, 2.45) is 0 Å². The largest absolute Gasteiger partial charge is 0.465 e. The Morgan fingerprint density at radius 3 is 2.36 bits per heavy atom. The SMILES string of the molecule is C[C@H]1CN(Cc2ccc(N(C)C(=O)c3ccc(N4CCCCC4)nc3)cc2)CCN1C(=O)O. The molecule has 1 atom stereocenters. The van der Waals surface area contributed by atoms with E-state index in [1.165, 1.54) is 24.2 Å². The summed E-state index contributed by atoms with van der Waals surface area (Å²) < 4.78 is 0. The predicted octanol–water partition coefficient (Wildman–Crippen LogP) is 3.53. The molecule has 2 fully saturated rings. The number of pyridine rings is 1. The van der Waals surface area contributed by atoms with Gasteiger partial charge in [0.1, 0.15) is 5.82 Å². The highest BCUT2D eigenvalue weighted by molar-refractivity contribution is 6.05. The van der Waals surface area contributed by atoms with Gasteiger partial charge in [0, 0.05) is 64.2 Å². The molecule has 0 bridgehead atoms. The number of anilines is 2. The summed E-state index contributed by atoms with van der Waals surface area (Å²) in [6.45, 7) is 6.72. The number of hydrogen-bond donors (Lipinski definition) is 1. The number of carboxylic acid groups (broad SMARTS) is 1. The third-order valence-electron chi connectivity index (χ3n) is 6.67. The summed E-state index contributed by atoms with van der Waals surface area (Å²) in [6.07, 6.45) is 4.49. The molecule has 3 heterocycles. The lowest BCUT2D eigenvalue weighted by molar-refractivity contribution is 0.0711. The van der Waals surface area contributed by atoms with Crippen molar-refractivity contribution in [2.75, 3.05) is 49.6 Å². The Morgan fingerprint density at radius 1 is 1.03 bits per heavy atom. The van der Waals surface area contributed by atoms with E-state index in [2.05, 4.69) is 14.8 Å². The van der Waals surface area contributed by atoms with E-state index in [0.29, 0.717) is 18.7 Å². The smallest absolute Gasteiger partial charge is 0.407 e. The quantitative estimate of drug-likeness (QED) is 0.749. The molecule has 4 rings (SSSR count). The lowest BCUT2D eigenvalue weighted by atomic mass is 10.1. The molecule has 0 spiro atoms. The molecule has 176 valence electrons. The maximum absolute atomic E-state index is 13.0. The van der Waals surface area contributed by atoms with Gasteiger partial charge in [-0.25, -0.2) is 9.78 Å². The summed E-state index contributed by atoms with van der Waals surface area (Å²) in [7, 11) is 1.78. The Balaban J connectivity index is 1.34. The second kappa shape index (κ2) is 10.2. The van der Waals surface area contributed by atoms with Gasteiger partial charge in [-0.1, -0.05) is 12.1 Å². The van der Waals surface area contributed by atoms with E-state index in [0.717, 1.165) is 43.2 Å². The Labute approximate surface area is 195 Å². The summed E-state index contributed by atoms with van der Waals surface area (Å²) in [6, 6.07) is 11.8. The van der Waals surface area contributed by atoms with E-state index >= 15 is 0 Å². The van der Waals surface area contributed by atoms with Crippen LogP contribution in [0.3, 0.4) is 0 Å². The second-order valence-electron chi connectivity index (χ2n) is 9.04. The van der Waals surface area contributed by atoms with Crippen LogP contribution < -0.4 is 9.80 Å².